The predicted molar refractivity (Wildman–Crippen MR) is 135 cm³/mol. The van der Waals surface area contributed by atoms with E-state index in [1.165, 1.54) is 7.11 Å². The van der Waals surface area contributed by atoms with Gasteiger partial charge in [-0.2, -0.15) is 0 Å². The van der Waals surface area contributed by atoms with E-state index in [2.05, 4.69) is 5.32 Å². The summed E-state index contributed by atoms with van der Waals surface area (Å²) in [7, 11) is 1.48. The Hall–Kier alpha value is -2.62. The number of amides is 2. The van der Waals surface area contributed by atoms with Crippen LogP contribution in [0.25, 0.3) is 0 Å². The van der Waals surface area contributed by atoms with Crippen LogP contribution in [0.2, 0.25) is 0 Å². The van der Waals surface area contributed by atoms with E-state index < -0.39 is 30.2 Å². The Morgan fingerprint density at radius 3 is 2.31 bits per heavy atom. The molecule has 36 heavy (non-hydrogen) atoms. The Bertz CT molecular complexity index is 831. The second kappa shape index (κ2) is 16.2. The number of aliphatic carboxylic acids is 1. The maximum absolute atomic E-state index is 12.6. The van der Waals surface area contributed by atoms with Gasteiger partial charge in [-0.1, -0.05) is 38.2 Å². The van der Waals surface area contributed by atoms with Crippen molar-refractivity contribution in [2.24, 2.45) is 17.8 Å². The fourth-order valence-corrected chi connectivity index (χ4v) is 4.27. The number of rotatable bonds is 16. The third kappa shape index (κ3) is 11.4. The summed E-state index contributed by atoms with van der Waals surface area (Å²) >= 11 is 0. The van der Waals surface area contributed by atoms with Crippen LogP contribution in [0.3, 0.4) is 0 Å². The van der Waals surface area contributed by atoms with Gasteiger partial charge >= 0.3 is 5.97 Å². The van der Waals surface area contributed by atoms with Gasteiger partial charge in [0, 0.05) is 44.3 Å². The molecular formula is C27H41NO8. The van der Waals surface area contributed by atoms with Crippen LogP contribution in [0.5, 0.6) is 0 Å². The van der Waals surface area contributed by atoms with Crippen molar-refractivity contribution in [3.63, 3.8) is 0 Å². The number of aliphatic hydroxyl groups is 2. The third-order valence-electron chi connectivity index (χ3n) is 6.47. The van der Waals surface area contributed by atoms with Gasteiger partial charge in [-0.25, -0.2) is 4.79 Å². The van der Waals surface area contributed by atoms with Crippen LogP contribution in [-0.2, 0) is 23.9 Å². The Morgan fingerprint density at radius 2 is 1.72 bits per heavy atom. The van der Waals surface area contributed by atoms with E-state index in [0.717, 1.165) is 6.08 Å². The summed E-state index contributed by atoms with van der Waals surface area (Å²) in [6.45, 7) is 5.18. The van der Waals surface area contributed by atoms with E-state index in [0.29, 0.717) is 44.1 Å². The highest BCUT2D eigenvalue weighted by Crippen LogP contribution is 2.23. The first-order valence-corrected chi connectivity index (χ1v) is 12.4. The van der Waals surface area contributed by atoms with Crippen molar-refractivity contribution in [1.29, 1.82) is 0 Å². The second-order valence-corrected chi connectivity index (χ2v) is 9.54. The molecule has 202 valence electrons. The van der Waals surface area contributed by atoms with Gasteiger partial charge in [0.2, 0.25) is 11.8 Å². The van der Waals surface area contributed by atoms with Gasteiger partial charge in [-0.05, 0) is 44.1 Å². The molecule has 0 aromatic heterocycles. The number of hydrogen-bond acceptors (Lipinski definition) is 7. The van der Waals surface area contributed by atoms with Gasteiger partial charge in [0.1, 0.15) is 11.9 Å². The molecule has 0 spiro atoms. The molecule has 0 saturated carbocycles. The zero-order valence-corrected chi connectivity index (χ0v) is 21.7. The number of aliphatic hydroxyl groups excluding tert-OH is 2. The Morgan fingerprint density at radius 1 is 1.11 bits per heavy atom. The first-order valence-electron chi connectivity index (χ1n) is 12.4. The maximum Gasteiger partial charge on any atom is 0.327 e. The van der Waals surface area contributed by atoms with Crippen LogP contribution in [0.4, 0.5) is 0 Å². The monoisotopic (exact) mass is 507 g/mol. The van der Waals surface area contributed by atoms with Gasteiger partial charge in [-0.15, -0.1) is 0 Å². The molecule has 1 rings (SSSR count). The van der Waals surface area contributed by atoms with Gasteiger partial charge in [0.25, 0.3) is 0 Å². The molecular weight excluding hydrogens is 466 g/mol. The Balaban J connectivity index is 2.57. The first kappa shape index (κ1) is 31.4. The van der Waals surface area contributed by atoms with Crippen LogP contribution in [0.15, 0.2) is 36.0 Å². The minimum atomic E-state index is -0.994. The number of imide groups is 1. The fourth-order valence-electron chi connectivity index (χ4n) is 4.27. The minimum absolute atomic E-state index is 0.0489. The predicted octanol–water partition coefficient (Wildman–Crippen LogP) is 2.71. The highest BCUT2D eigenvalue weighted by molar-refractivity contribution is 5.97. The molecule has 1 fully saturated rings. The number of carboxylic acids is 1. The van der Waals surface area contributed by atoms with Crippen molar-refractivity contribution in [1.82, 2.24) is 5.32 Å². The smallest absolute Gasteiger partial charge is 0.327 e. The largest absolute Gasteiger partial charge is 0.478 e. The molecule has 5 atom stereocenters. The van der Waals surface area contributed by atoms with Crippen molar-refractivity contribution in [3.8, 4) is 0 Å². The van der Waals surface area contributed by atoms with Gasteiger partial charge < -0.3 is 20.1 Å². The van der Waals surface area contributed by atoms with E-state index in [1.807, 2.05) is 6.08 Å². The summed E-state index contributed by atoms with van der Waals surface area (Å²) in [5.41, 5.74) is 0.578. The van der Waals surface area contributed by atoms with Crippen LogP contribution in [-0.4, -0.2) is 64.3 Å². The molecule has 0 aromatic carbocycles. The number of allylic oxidation sites excluding steroid dienone is 2. The lowest BCUT2D eigenvalue weighted by Gasteiger charge is -2.25. The van der Waals surface area contributed by atoms with Crippen molar-refractivity contribution >= 4 is 23.6 Å². The van der Waals surface area contributed by atoms with Gasteiger partial charge in [-0.3, -0.25) is 19.7 Å². The molecule has 9 nitrogen and oxygen atoms in total. The number of ether oxygens (including phenoxy) is 1. The number of unbranched alkanes of at least 4 members (excludes halogenated alkanes) is 1. The second-order valence-electron chi connectivity index (χ2n) is 9.54. The average Bonchev–Trinajstić information content (AvgIpc) is 2.81. The molecule has 0 aromatic rings. The van der Waals surface area contributed by atoms with E-state index in [1.54, 1.807) is 39.0 Å². The number of carbonyl (C=O) groups is 4. The zero-order valence-electron chi connectivity index (χ0n) is 21.7. The van der Waals surface area contributed by atoms with E-state index in [-0.39, 0.29) is 35.9 Å². The fraction of sp³-hybridized carbons (Fsp3) is 0.630. The van der Waals surface area contributed by atoms with E-state index in [4.69, 9.17) is 9.84 Å². The van der Waals surface area contributed by atoms with E-state index in [9.17, 15) is 29.4 Å². The van der Waals surface area contributed by atoms with Crippen LogP contribution < -0.4 is 5.32 Å². The molecule has 0 bridgehead atoms. The molecule has 1 saturated heterocycles. The summed E-state index contributed by atoms with van der Waals surface area (Å²) in [6.07, 6.45) is 8.60. The Kier molecular flexibility index (Phi) is 14.1. The number of nitrogens with one attached hydrogen (secondary N) is 1. The average molecular weight is 508 g/mol. The molecule has 1 aliphatic rings. The number of carbonyl (C=O) groups excluding carboxylic acids is 3. The number of methoxy groups -OCH3 is 1. The summed E-state index contributed by atoms with van der Waals surface area (Å²) in [6, 6.07) is 0. The summed E-state index contributed by atoms with van der Waals surface area (Å²) in [5, 5.41) is 32.3. The van der Waals surface area contributed by atoms with Crippen molar-refractivity contribution < 1.29 is 39.2 Å². The summed E-state index contributed by atoms with van der Waals surface area (Å²) < 4.78 is 5.37. The molecule has 1 heterocycles. The molecule has 0 unspecified atom stereocenters. The Labute approximate surface area is 213 Å². The number of ketones is 1. The van der Waals surface area contributed by atoms with Crippen LogP contribution in [0, 0.1) is 17.8 Å². The van der Waals surface area contributed by atoms with Crippen molar-refractivity contribution in [2.45, 2.75) is 84.0 Å². The maximum atomic E-state index is 12.6. The van der Waals surface area contributed by atoms with Crippen molar-refractivity contribution in [3.05, 3.63) is 36.0 Å². The normalized spacial score (nSPS) is 19.8. The highest BCUT2D eigenvalue weighted by atomic mass is 16.5. The lowest BCUT2D eigenvalue weighted by Crippen LogP contribution is -2.38. The van der Waals surface area contributed by atoms with Gasteiger partial charge in [0.05, 0.1) is 12.2 Å². The van der Waals surface area contributed by atoms with Gasteiger partial charge in [0.15, 0.2) is 0 Å². The summed E-state index contributed by atoms with van der Waals surface area (Å²) in [4.78, 5) is 46.0. The lowest BCUT2D eigenvalue weighted by molar-refractivity contribution is -0.135. The van der Waals surface area contributed by atoms with Crippen LogP contribution >= 0.6 is 0 Å². The molecule has 0 aliphatic carbocycles. The standard InChI is InChI=1S/C27H41NO8/c1-17(14-18(2)27(35)22(36-4)12-7-5-6-8-13-25(32)33)26(34)19(3)21(29)11-9-10-20-15-23(30)28-24(31)16-20/h7-8,12-14,18-20,22,26-27,34-35H,5-6,9-11,15-16H2,1-4H3,(H,32,33)(H,28,30,31)/b12-7+,13-8+,17-14+/t18-,19-,22-,26+,27-/m0/s1. The topological polar surface area (TPSA) is 150 Å². The zero-order chi connectivity index (χ0) is 27.3. The van der Waals surface area contributed by atoms with Crippen LogP contribution in [0.1, 0.15) is 65.7 Å². The molecule has 2 amide bonds. The molecule has 1 aliphatic heterocycles. The molecule has 9 heteroatoms. The number of piperidine rings is 1. The number of carboxylic acid groups (broad SMARTS) is 1. The number of Topliss-reactive ketones (excluding diaryl/α,β-unsaturated/α-hetero) is 1. The molecule has 4 N–H and O–H groups in total. The quantitative estimate of drug-likeness (QED) is 0.108. The minimum Gasteiger partial charge on any atom is -0.478 e. The summed E-state index contributed by atoms with van der Waals surface area (Å²) in [5.74, 6) is -2.68. The highest BCUT2D eigenvalue weighted by Gasteiger charge is 2.27. The first-order chi connectivity index (χ1) is 17.0. The molecule has 0 radical (unpaired) electrons. The lowest BCUT2D eigenvalue weighted by atomic mass is 9.87. The third-order valence-corrected chi connectivity index (χ3v) is 6.47. The van der Waals surface area contributed by atoms with E-state index >= 15 is 0 Å². The van der Waals surface area contributed by atoms with Crippen molar-refractivity contribution in [2.75, 3.05) is 7.11 Å². The number of hydrogen-bond donors (Lipinski definition) is 4. The SMILES string of the molecule is CO[C@@H](/C=C/CC/C=C/C(=O)O)[C@@H](O)[C@@H](C)/C=C(\C)[C@@H](O)[C@@H](C)C(=O)CCCC1CC(=O)NC(=O)C1.